The van der Waals surface area contributed by atoms with Gasteiger partial charge in [-0.2, -0.15) is 0 Å². The first-order valence-electron chi connectivity index (χ1n) is 6.64. The van der Waals surface area contributed by atoms with Crippen LogP contribution < -0.4 is 5.73 Å². The van der Waals surface area contributed by atoms with Crippen molar-refractivity contribution in [2.45, 2.75) is 52.7 Å². The van der Waals surface area contributed by atoms with Crippen LogP contribution >= 0.6 is 0 Å². The molecule has 0 radical (unpaired) electrons. The van der Waals surface area contributed by atoms with E-state index in [1.54, 1.807) is 0 Å². The minimum Gasteiger partial charge on any atom is -0.465 e. The maximum atomic E-state index is 5.62. The van der Waals surface area contributed by atoms with Crippen LogP contribution in [0.1, 0.15) is 43.8 Å². The summed E-state index contributed by atoms with van der Waals surface area (Å²) in [5, 5.41) is 0. The van der Waals surface area contributed by atoms with Crippen LogP contribution in [0.15, 0.2) is 10.5 Å². The molecular formula is C14H24N2O. The minimum absolute atomic E-state index is 0.494. The number of nitrogens with two attached hydrogens (primary N) is 1. The van der Waals surface area contributed by atoms with E-state index in [2.05, 4.69) is 24.8 Å². The summed E-state index contributed by atoms with van der Waals surface area (Å²) in [6.45, 7) is 9.39. The zero-order valence-corrected chi connectivity index (χ0v) is 11.2. The van der Waals surface area contributed by atoms with Crippen molar-refractivity contribution in [3.8, 4) is 0 Å². The van der Waals surface area contributed by atoms with Crippen LogP contribution in [0, 0.1) is 12.8 Å². The van der Waals surface area contributed by atoms with E-state index in [0.717, 1.165) is 30.0 Å². The minimum atomic E-state index is 0.494. The van der Waals surface area contributed by atoms with Gasteiger partial charge in [0, 0.05) is 18.2 Å². The highest BCUT2D eigenvalue weighted by Gasteiger charge is 2.27. The fraction of sp³-hybridized carbons (Fsp3) is 0.714. The summed E-state index contributed by atoms with van der Waals surface area (Å²) in [4.78, 5) is 2.59. The lowest BCUT2D eigenvalue weighted by molar-refractivity contribution is 0.198. The Morgan fingerprint density at radius 1 is 1.53 bits per heavy atom. The van der Waals surface area contributed by atoms with Crippen LogP contribution in [0.3, 0.4) is 0 Å². The molecule has 3 heteroatoms. The summed E-state index contributed by atoms with van der Waals surface area (Å²) < 4.78 is 5.62. The predicted octanol–water partition coefficient (Wildman–Crippen LogP) is 2.67. The lowest BCUT2D eigenvalue weighted by Crippen LogP contribution is -2.32. The maximum Gasteiger partial charge on any atom is 0.118 e. The Labute approximate surface area is 104 Å². The van der Waals surface area contributed by atoms with Gasteiger partial charge in [0.05, 0.1) is 6.54 Å². The van der Waals surface area contributed by atoms with Gasteiger partial charge in [-0.3, -0.25) is 4.90 Å². The Balaban J connectivity index is 2.06. The van der Waals surface area contributed by atoms with Crippen molar-refractivity contribution in [3.05, 3.63) is 23.2 Å². The molecule has 0 saturated carbocycles. The van der Waals surface area contributed by atoms with E-state index in [4.69, 9.17) is 10.2 Å². The van der Waals surface area contributed by atoms with Gasteiger partial charge in [0.1, 0.15) is 11.5 Å². The summed E-state index contributed by atoms with van der Waals surface area (Å²) >= 11 is 0. The van der Waals surface area contributed by atoms with Crippen molar-refractivity contribution < 1.29 is 4.42 Å². The molecule has 1 unspecified atom stereocenters. The molecule has 96 valence electrons. The molecule has 1 atom stereocenters. The van der Waals surface area contributed by atoms with Gasteiger partial charge in [0.2, 0.25) is 0 Å². The van der Waals surface area contributed by atoms with Crippen molar-refractivity contribution >= 4 is 0 Å². The first kappa shape index (κ1) is 12.7. The molecule has 2 heterocycles. The van der Waals surface area contributed by atoms with Crippen LogP contribution in [0.5, 0.6) is 0 Å². The molecule has 1 aromatic rings. The smallest absolute Gasteiger partial charge is 0.118 e. The van der Waals surface area contributed by atoms with Gasteiger partial charge in [-0.05, 0) is 38.3 Å². The number of rotatable bonds is 4. The van der Waals surface area contributed by atoms with E-state index in [-0.39, 0.29) is 0 Å². The van der Waals surface area contributed by atoms with Gasteiger partial charge in [0.15, 0.2) is 0 Å². The van der Waals surface area contributed by atoms with Crippen LogP contribution in [0.4, 0.5) is 0 Å². The molecule has 17 heavy (non-hydrogen) atoms. The van der Waals surface area contributed by atoms with Gasteiger partial charge in [-0.15, -0.1) is 0 Å². The van der Waals surface area contributed by atoms with Crippen LogP contribution in [-0.2, 0) is 13.1 Å². The molecule has 1 saturated heterocycles. The third kappa shape index (κ3) is 2.72. The SMILES string of the molecule is Cc1oc(CN)cc1CN1CCCC1C(C)C. The topological polar surface area (TPSA) is 42.4 Å². The van der Waals surface area contributed by atoms with Crippen molar-refractivity contribution in [1.29, 1.82) is 0 Å². The fourth-order valence-electron chi connectivity index (χ4n) is 2.87. The first-order valence-corrected chi connectivity index (χ1v) is 6.64. The van der Waals surface area contributed by atoms with Gasteiger partial charge in [-0.1, -0.05) is 13.8 Å². The van der Waals surface area contributed by atoms with Crippen molar-refractivity contribution in [2.75, 3.05) is 6.54 Å². The van der Waals surface area contributed by atoms with E-state index < -0.39 is 0 Å². The lowest BCUT2D eigenvalue weighted by Gasteiger charge is -2.27. The molecule has 1 aromatic heterocycles. The van der Waals surface area contributed by atoms with E-state index in [1.807, 2.05) is 6.92 Å². The number of nitrogens with zero attached hydrogens (tertiary/aromatic N) is 1. The van der Waals surface area contributed by atoms with Gasteiger partial charge in [-0.25, -0.2) is 0 Å². The molecule has 0 spiro atoms. The van der Waals surface area contributed by atoms with Crippen LogP contribution in [-0.4, -0.2) is 17.5 Å². The molecule has 3 nitrogen and oxygen atoms in total. The Morgan fingerprint density at radius 3 is 2.88 bits per heavy atom. The zero-order valence-electron chi connectivity index (χ0n) is 11.2. The summed E-state index contributed by atoms with van der Waals surface area (Å²) in [6.07, 6.45) is 2.65. The molecular weight excluding hydrogens is 212 g/mol. The molecule has 1 aliphatic rings. The molecule has 0 amide bonds. The monoisotopic (exact) mass is 236 g/mol. The standard InChI is InChI=1S/C14H24N2O/c1-10(2)14-5-4-6-16(14)9-12-7-13(8-15)17-11(12)3/h7,10,14H,4-6,8-9,15H2,1-3H3. The second kappa shape index (κ2) is 5.23. The Bertz CT molecular complexity index is 370. The summed E-state index contributed by atoms with van der Waals surface area (Å²) in [7, 11) is 0. The second-order valence-electron chi connectivity index (χ2n) is 5.42. The molecule has 0 bridgehead atoms. The molecule has 0 aromatic carbocycles. The average Bonchev–Trinajstić information content (AvgIpc) is 2.87. The van der Waals surface area contributed by atoms with Crippen molar-refractivity contribution in [3.63, 3.8) is 0 Å². The van der Waals surface area contributed by atoms with Crippen LogP contribution in [0.25, 0.3) is 0 Å². The van der Waals surface area contributed by atoms with Gasteiger partial charge < -0.3 is 10.2 Å². The Kier molecular flexibility index (Phi) is 3.89. The largest absolute Gasteiger partial charge is 0.465 e. The normalized spacial score (nSPS) is 21.6. The Hall–Kier alpha value is -0.800. The number of furan rings is 1. The number of aryl methyl sites for hydroxylation is 1. The molecule has 2 N–H and O–H groups in total. The zero-order chi connectivity index (χ0) is 12.4. The molecule has 0 aliphatic carbocycles. The summed E-state index contributed by atoms with van der Waals surface area (Å²) in [6, 6.07) is 2.84. The van der Waals surface area contributed by atoms with E-state index in [1.165, 1.54) is 24.9 Å². The highest BCUT2D eigenvalue weighted by molar-refractivity contribution is 5.21. The van der Waals surface area contributed by atoms with Crippen molar-refractivity contribution in [1.82, 2.24) is 4.90 Å². The third-order valence-corrected chi connectivity index (χ3v) is 3.83. The molecule has 1 fully saturated rings. The second-order valence-corrected chi connectivity index (χ2v) is 5.42. The van der Waals surface area contributed by atoms with Crippen LogP contribution in [0.2, 0.25) is 0 Å². The fourth-order valence-corrected chi connectivity index (χ4v) is 2.87. The van der Waals surface area contributed by atoms with Gasteiger partial charge >= 0.3 is 0 Å². The van der Waals surface area contributed by atoms with Crippen molar-refractivity contribution in [2.24, 2.45) is 11.7 Å². The summed E-state index contributed by atoms with van der Waals surface area (Å²) in [5.41, 5.74) is 6.91. The van der Waals surface area contributed by atoms with E-state index in [9.17, 15) is 0 Å². The van der Waals surface area contributed by atoms with E-state index >= 15 is 0 Å². The number of hydrogen-bond acceptors (Lipinski definition) is 3. The number of hydrogen-bond donors (Lipinski definition) is 1. The molecule has 2 rings (SSSR count). The maximum absolute atomic E-state index is 5.62. The lowest BCUT2D eigenvalue weighted by atomic mass is 10.0. The van der Waals surface area contributed by atoms with E-state index in [0.29, 0.717) is 6.54 Å². The highest BCUT2D eigenvalue weighted by Crippen LogP contribution is 2.27. The third-order valence-electron chi connectivity index (χ3n) is 3.83. The summed E-state index contributed by atoms with van der Waals surface area (Å²) in [5.74, 6) is 2.66. The average molecular weight is 236 g/mol. The quantitative estimate of drug-likeness (QED) is 0.874. The predicted molar refractivity (Wildman–Crippen MR) is 69.6 cm³/mol. The Morgan fingerprint density at radius 2 is 2.29 bits per heavy atom. The number of likely N-dealkylation sites (tertiary alicyclic amines) is 1. The van der Waals surface area contributed by atoms with Gasteiger partial charge in [0.25, 0.3) is 0 Å². The highest BCUT2D eigenvalue weighted by atomic mass is 16.3. The molecule has 1 aliphatic heterocycles. The first-order chi connectivity index (χ1) is 8.11.